The summed E-state index contributed by atoms with van der Waals surface area (Å²) in [6.45, 7) is 7.19. The lowest BCUT2D eigenvalue weighted by Crippen LogP contribution is -2.34. The second-order valence-electron chi connectivity index (χ2n) is 7.16. The fraction of sp³-hybridized carbons (Fsp3) is 0.565. The van der Waals surface area contributed by atoms with E-state index >= 15 is 0 Å². The number of ether oxygens (including phenoxy) is 2. The first-order valence-corrected chi connectivity index (χ1v) is 10.8. The second kappa shape index (κ2) is 12.9. The van der Waals surface area contributed by atoms with Crippen LogP contribution in [0.25, 0.3) is 6.08 Å². The monoisotopic (exact) mass is 402 g/mol. The van der Waals surface area contributed by atoms with Gasteiger partial charge in [-0.25, -0.2) is 0 Å². The summed E-state index contributed by atoms with van der Waals surface area (Å²) in [6, 6.07) is 5.61. The molecule has 1 aliphatic rings. The molecule has 6 nitrogen and oxygen atoms in total. The van der Waals surface area contributed by atoms with Crippen molar-refractivity contribution in [2.75, 3.05) is 32.8 Å². The lowest BCUT2D eigenvalue weighted by Gasteiger charge is -2.20. The van der Waals surface area contributed by atoms with Crippen LogP contribution >= 0.6 is 0 Å². The van der Waals surface area contributed by atoms with Crippen molar-refractivity contribution < 1.29 is 19.1 Å². The maximum atomic E-state index is 12.2. The second-order valence-corrected chi connectivity index (χ2v) is 7.16. The number of rotatable bonds is 10. The zero-order valence-corrected chi connectivity index (χ0v) is 17.7. The minimum absolute atomic E-state index is 0.125. The van der Waals surface area contributed by atoms with Crippen LogP contribution in [0, 0.1) is 0 Å². The first-order chi connectivity index (χ1) is 14.1. The molecule has 1 aromatic carbocycles. The molecule has 0 unspecified atom stereocenters. The summed E-state index contributed by atoms with van der Waals surface area (Å²) in [5.41, 5.74) is 0.855. The van der Waals surface area contributed by atoms with Gasteiger partial charge < -0.3 is 19.7 Å². The summed E-state index contributed by atoms with van der Waals surface area (Å²) in [5.74, 6) is 1.30. The first kappa shape index (κ1) is 22.8. The van der Waals surface area contributed by atoms with Crippen molar-refractivity contribution in [3.05, 3.63) is 29.8 Å². The third kappa shape index (κ3) is 8.18. The van der Waals surface area contributed by atoms with Crippen LogP contribution in [-0.2, 0) is 9.59 Å². The fourth-order valence-electron chi connectivity index (χ4n) is 3.23. The highest BCUT2D eigenvalue weighted by molar-refractivity contribution is 5.92. The Hall–Kier alpha value is -2.50. The normalized spacial score (nSPS) is 14.5. The summed E-state index contributed by atoms with van der Waals surface area (Å²) < 4.78 is 11.3. The summed E-state index contributed by atoms with van der Waals surface area (Å²) in [6.07, 6.45) is 9.03. The molecule has 29 heavy (non-hydrogen) atoms. The van der Waals surface area contributed by atoms with E-state index in [1.165, 1.54) is 18.9 Å². The largest absolute Gasteiger partial charge is 0.490 e. The van der Waals surface area contributed by atoms with E-state index in [1.54, 1.807) is 6.08 Å². The number of benzene rings is 1. The average Bonchev–Trinajstić information content (AvgIpc) is 3.01. The Balaban J connectivity index is 1.81. The van der Waals surface area contributed by atoms with Gasteiger partial charge >= 0.3 is 0 Å². The molecule has 1 saturated heterocycles. The van der Waals surface area contributed by atoms with Crippen LogP contribution in [0.2, 0.25) is 0 Å². The van der Waals surface area contributed by atoms with Gasteiger partial charge in [-0.05, 0) is 50.0 Å². The number of hydrogen-bond acceptors (Lipinski definition) is 4. The molecule has 1 N–H and O–H groups in total. The molecule has 0 bridgehead atoms. The molecule has 0 saturated carbocycles. The van der Waals surface area contributed by atoms with Gasteiger partial charge in [0.2, 0.25) is 11.8 Å². The van der Waals surface area contributed by atoms with Crippen LogP contribution in [0.4, 0.5) is 0 Å². The summed E-state index contributed by atoms with van der Waals surface area (Å²) >= 11 is 0. The van der Waals surface area contributed by atoms with Crippen LogP contribution in [-0.4, -0.2) is 49.6 Å². The lowest BCUT2D eigenvalue weighted by molar-refractivity contribution is -0.131. The maximum Gasteiger partial charge on any atom is 0.244 e. The molecule has 1 aromatic rings. The van der Waals surface area contributed by atoms with Gasteiger partial charge in [-0.3, -0.25) is 9.59 Å². The number of carbonyl (C=O) groups is 2. The fourth-order valence-corrected chi connectivity index (χ4v) is 3.23. The smallest absolute Gasteiger partial charge is 0.244 e. The van der Waals surface area contributed by atoms with Crippen molar-refractivity contribution in [3.8, 4) is 11.5 Å². The topological polar surface area (TPSA) is 67.9 Å². The highest BCUT2D eigenvalue weighted by Crippen LogP contribution is 2.29. The van der Waals surface area contributed by atoms with Crippen LogP contribution in [0.15, 0.2) is 24.3 Å². The Labute approximate surface area is 174 Å². The van der Waals surface area contributed by atoms with Crippen molar-refractivity contribution in [2.24, 2.45) is 0 Å². The molecule has 2 rings (SSSR count). The zero-order valence-electron chi connectivity index (χ0n) is 17.7. The Morgan fingerprint density at radius 2 is 1.83 bits per heavy atom. The Morgan fingerprint density at radius 1 is 1.07 bits per heavy atom. The third-order valence-electron chi connectivity index (χ3n) is 4.75. The summed E-state index contributed by atoms with van der Waals surface area (Å²) in [7, 11) is 0. The number of nitrogens with one attached hydrogen (secondary N) is 1. The third-order valence-corrected chi connectivity index (χ3v) is 4.75. The molecule has 1 fully saturated rings. The predicted molar refractivity (Wildman–Crippen MR) is 115 cm³/mol. The van der Waals surface area contributed by atoms with Crippen LogP contribution in [0.3, 0.4) is 0 Å². The number of carbonyl (C=O) groups excluding carboxylic acids is 2. The summed E-state index contributed by atoms with van der Waals surface area (Å²) in [4.78, 5) is 26.2. The van der Waals surface area contributed by atoms with Gasteiger partial charge in [0.25, 0.3) is 0 Å². The maximum absolute atomic E-state index is 12.2. The number of amides is 2. The van der Waals surface area contributed by atoms with Crippen molar-refractivity contribution >= 4 is 17.9 Å². The lowest BCUT2D eigenvalue weighted by atomic mass is 10.2. The molecule has 1 heterocycles. The van der Waals surface area contributed by atoms with E-state index in [-0.39, 0.29) is 11.8 Å². The van der Waals surface area contributed by atoms with E-state index in [0.29, 0.717) is 37.7 Å². The Morgan fingerprint density at radius 3 is 2.52 bits per heavy atom. The van der Waals surface area contributed by atoms with E-state index in [1.807, 2.05) is 30.0 Å². The van der Waals surface area contributed by atoms with Crippen LogP contribution in [0.1, 0.15) is 57.9 Å². The Kier molecular flexibility index (Phi) is 10.1. The van der Waals surface area contributed by atoms with E-state index in [4.69, 9.17) is 9.47 Å². The van der Waals surface area contributed by atoms with Crippen molar-refractivity contribution in [3.63, 3.8) is 0 Å². The number of likely N-dealkylation sites (tertiary alicyclic amines) is 1. The van der Waals surface area contributed by atoms with Crippen LogP contribution < -0.4 is 14.8 Å². The highest BCUT2D eigenvalue weighted by atomic mass is 16.5. The van der Waals surface area contributed by atoms with Crippen molar-refractivity contribution in [1.82, 2.24) is 10.2 Å². The molecule has 1 aliphatic heterocycles. The van der Waals surface area contributed by atoms with Gasteiger partial charge in [0.05, 0.1) is 13.2 Å². The molecule has 0 atom stereocenters. The van der Waals surface area contributed by atoms with Gasteiger partial charge in [0.15, 0.2) is 11.5 Å². The van der Waals surface area contributed by atoms with E-state index < -0.39 is 0 Å². The molecule has 160 valence electrons. The molecule has 0 aromatic heterocycles. The molecule has 6 heteroatoms. The molecule has 2 amide bonds. The zero-order chi connectivity index (χ0) is 20.9. The SMILES string of the molecule is CCCOc1ccc(/C=C/C(=O)NCCC(=O)N2CCCCCC2)cc1OCC. The Bertz CT molecular complexity index is 679. The number of hydrogen-bond donors (Lipinski definition) is 1. The van der Waals surface area contributed by atoms with Gasteiger partial charge in [-0.1, -0.05) is 25.8 Å². The number of nitrogens with zero attached hydrogens (tertiary/aromatic N) is 1. The first-order valence-electron chi connectivity index (χ1n) is 10.8. The molecule has 0 aliphatic carbocycles. The molecular weight excluding hydrogens is 368 g/mol. The quantitative estimate of drug-likeness (QED) is 0.605. The molecule has 0 spiro atoms. The minimum Gasteiger partial charge on any atom is -0.490 e. The molecular formula is C23H34N2O4. The van der Waals surface area contributed by atoms with Gasteiger partial charge in [-0.15, -0.1) is 0 Å². The van der Waals surface area contributed by atoms with Gasteiger partial charge in [-0.2, -0.15) is 0 Å². The van der Waals surface area contributed by atoms with E-state index in [0.717, 1.165) is 37.9 Å². The highest BCUT2D eigenvalue weighted by Gasteiger charge is 2.15. The van der Waals surface area contributed by atoms with Crippen LogP contribution in [0.5, 0.6) is 11.5 Å². The van der Waals surface area contributed by atoms with Gasteiger partial charge in [0, 0.05) is 32.1 Å². The van der Waals surface area contributed by atoms with Crippen molar-refractivity contribution in [2.45, 2.75) is 52.4 Å². The van der Waals surface area contributed by atoms with Gasteiger partial charge in [0.1, 0.15) is 0 Å². The molecule has 0 radical (unpaired) electrons. The van der Waals surface area contributed by atoms with Crippen molar-refractivity contribution in [1.29, 1.82) is 0 Å². The standard InChI is InChI=1S/C23H34N2O4/c1-3-17-29-20-11-9-19(18-21(20)28-4-2)10-12-22(26)24-14-13-23(27)25-15-7-5-6-8-16-25/h9-12,18H,3-8,13-17H2,1-2H3,(H,24,26)/b12-10+. The predicted octanol–water partition coefficient (Wildman–Crippen LogP) is 3.80. The minimum atomic E-state index is -0.210. The van der Waals surface area contributed by atoms with E-state index in [2.05, 4.69) is 12.2 Å². The summed E-state index contributed by atoms with van der Waals surface area (Å²) in [5, 5.41) is 2.79. The van der Waals surface area contributed by atoms with E-state index in [9.17, 15) is 9.59 Å². The average molecular weight is 403 g/mol.